The number of ether oxygens (including phenoxy) is 2. The quantitative estimate of drug-likeness (QED) is 0.0881. The fourth-order valence-electron chi connectivity index (χ4n) is 5.01. The van der Waals surface area contributed by atoms with Crippen LogP contribution in [-0.2, 0) is 49.5 Å². The van der Waals surface area contributed by atoms with Crippen LogP contribution >= 0.6 is 0 Å². The van der Waals surface area contributed by atoms with Crippen LogP contribution in [0.1, 0.15) is 85.6 Å². The Balaban J connectivity index is 2.67. The Morgan fingerprint density at radius 1 is 0.688 bits per heavy atom. The second-order valence-corrected chi connectivity index (χ2v) is 13.1. The van der Waals surface area contributed by atoms with E-state index in [4.69, 9.17) is 14.6 Å². The minimum absolute atomic E-state index is 0.0162. The number of carbonyl (C=O) groups excluding carboxylic acids is 4. The summed E-state index contributed by atoms with van der Waals surface area (Å²) in [7, 11) is 0. The molecule has 1 rings (SSSR count). The van der Waals surface area contributed by atoms with E-state index in [1.165, 1.54) is 13.8 Å². The molecule has 0 aliphatic rings. The van der Waals surface area contributed by atoms with Gasteiger partial charge in [0.2, 0.25) is 11.8 Å². The normalized spacial score (nSPS) is 14.0. The molecule has 0 fully saturated rings. The van der Waals surface area contributed by atoms with Crippen molar-refractivity contribution in [3.8, 4) is 0 Å². The topological polar surface area (TPSA) is 223 Å². The van der Waals surface area contributed by atoms with Gasteiger partial charge in [0.25, 0.3) is 0 Å². The van der Waals surface area contributed by atoms with Gasteiger partial charge in [0, 0.05) is 23.7 Å². The standard InChI is InChI=1S/C34H50N2O12/c1-7-22(19-33(3,4)31(45)35-24(27(39)40)14-15-26(37)38)29(43)47-16-17-48-30(44)23(8-2)20-34(5,6)32(46)36-25(28(41)42)18-21-12-10-9-11-13-21/h9-13,22-25H,7-8,14-20H2,1-6H3,(H,35,45)(H,36,46)(H,37,38)(H,39,40)(H,41,42). The summed E-state index contributed by atoms with van der Waals surface area (Å²) in [4.78, 5) is 85.7. The van der Waals surface area contributed by atoms with Gasteiger partial charge in [-0.05, 0) is 37.7 Å². The molecule has 0 saturated carbocycles. The first-order chi connectivity index (χ1) is 22.3. The highest BCUT2D eigenvalue weighted by atomic mass is 16.6. The molecular formula is C34H50N2O12. The molecule has 1 aromatic carbocycles. The first kappa shape index (κ1) is 41.5. The Labute approximate surface area is 280 Å². The highest BCUT2D eigenvalue weighted by molar-refractivity contribution is 5.88. The van der Waals surface area contributed by atoms with E-state index in [-0.39, 0.29) is 38.9 Å². The molecule has 4 atom stereocenters. The van der Waals surface area contributed by atoms with Crippen LogP contribution in [0.15, 0.2) is 30.3 Å². The van der Waals surface area contributed by atoms with E-state index in [0.29, 0.717) is 12.8 Å². The zero-order valence-corrected chi connectivity index (χ0v) is 28.6. The maximum absolute atomic E-state index is 13.1. The summed E-state index contributed by atoms with van der Waals surface area (Å²) in [6.45, 7) is 9.26. The molecule has 1 aromatic rings. The van der Waals surface area contributed by atoms with E-state index in [1.807, 2.05) is 0 Å². The van der Waals surface area contributed by atoms with E-state index in [2.05, 4.69) is 10.6 Å². The summed E-state index contributed by atoms with van der Waals surface area (Å²) in [5, 5.41) is 32.8. The third-order valence-electron chi connectivity index (χ3n) is 8.10. The van der Waals surface area contributed by atoms with E-state index in [0.717, 1.165) is 5.56 Å². The number of benzene rings is 1. The molecule has 2 amide bonds. The van der Waals surface area contributed by atoms with Gasteiger partial charge in [-0.25, -0.2) is 9.59 Å². The van der Waals surface area contributed by atoms with Gasteiger partial charge in [-0.2, -0.15) is 0 Å². The second-order valence-electron chi connectivity index (χ2n) is 13.1. The summed E-state index contributed by atoms with van der Waals surface area (Å²) < 4.78 is 10.6. The van der Waals surface area contributed by atoms with E-state index in [9.17, 15) is 43.8 Å². The predicted octanol–water partition coefficient (Wildman–Crippen LogP) is 3.20. The van der Waals surface area contributed by atoms with Crippen LogP contribution in [-0.4, -0.2) is 82.3 Å². The number of carboxylic acid groups (broad SMARTS) is 3. The smallest absolute Gasteiger partial charge is 0.326 e. The van der Waals surface area contributed by atoms with E-state index >= 15 is 0 Å². The number of amides is 2. The molecule has 0 saturated heterocycles. The fraction of sp³-hybridized carbons (Fsp3) is 0.618. The lowest BCUT2D eigenvalue weighted by Gasteiger charge is -2.29. The number of carboxylic acids is 3. The summed E-state index contributed by atoms with van der Waals surface area (Å²) in [5.41, 5.74) is -1.55. The molecule has 0 heterocycles. The Hall–Kier alpha value is -4.49. The zero-order valence-electron chi connectivity index (χ0n) is 28.6. The minimum atomic E-state index is -1.40. The third-order valence-corrected chi connectivity index (χ3v) is 8.10. The highest BCUT2D eigenvalue weighted by Crippen LogP contribution is 2.30. The van der Waals surface area contributed by atoms with Crippen molar-refractivity contribution in [3.05, 3.63) is 35.9 Å². The second kappa shape index (κ2) is 19.4. The molecule has 14 nitrogen and oxygen atoms in total. The van der Waals surface area contributed by atoms with Gasteiger partial charge < -0.3 is 35.4 Å². The van der Waals surface area contributed by atoms with Gasteiger partial charge in [0.05, 0.1) is 11.8 Å². The number of esters is 2. The summed E-state index contributed by atoms with van der Waals surface area (Å²) >= 11 is 0. The average molecular weight is 679 g/mol. The summed E-state index contributed by atoms with van der Waals surface area (Å²) in [6.07, 6.45) is 0.103. The van der Waals surface area contributed by atoms with Crippen molar-refractivity contribution < 1.29 is 58.4 Å². The van der Waals surface area contributed by atoms with Crippen molar-refractivity contribution in [2.24, 2.45) is 22.7 Å². The van der Waals surface area contributed by atoms with Gasteiger partial charge in [0.15, 0.2) is 0 Å². The van der Waals surface area contributed by atoms with Crippen molar-refractivity contribution in [3.63, 3.8) is 0 Å². The number of rotatable bonds is 22. The number of hydrogen-bond acceptors (Lipinski definition) is 9. The molecule has 268 valence electrons. The largest absolute Gasteiger partial charge is 0.481 e. The molecule has 0 radical (unpaired) electrons. The Bertz CT molecular complexity index is 1280. The van der Waals surface area contributed by atoms with Crippen molar-refractivity contribution >= 4 is 41.7 Å². The van der Waals surface area contributed by atoms with Gasteiger partial charge in [-0.3, -0.25) is 24.0 Å². The lowest BCUT2D eigenvalue weighted by Crippen LogP contribution is -2.48. The van der Waals surface area contributed by atoms with Crippen LogP contribution in [0.4, 0.5) is 0 Å². The molecule has 4 unspecified atom stereocenters. The van der Waals surface area contributed by atoms with Gasteiger partial charge in [-0.1, -0.05) is 71.9 Å². The van der Waals surface area contributed by atoms with E-state index in [1.54, 1.807) is 58.0 Å². The maximum atomic E-state index is 13.1. The van der Waals surface area contributed by atoms with Crippen LogP contribution in [0.25, 0.3) is 0 Å². The minimum Gasteiger partial charge on any atom is -0.481 e. The SMILES string of the molecule is CCC(CC(C)(C)C(=O)NC(CCC(=O)O)C(=O)O)C(=O)OCCOC(=O)C(CC)CC(C)(C)C(=O)NC(Cc1ccccc1)C(=O)O. The molecule has 0 spiro atoms. The Morgan fingerprint density at radius 2 is 1.10 bits per heavy atom. The lowest BCUT2D eigenvalue weighted by molar-refractivity contribution is -0.159. The molecule has 48 heavy (non-hydrogen) atoms. The molecule has 5 N–H and O–H groups in total. The Morgan fingerprint density at radius 3 is 1.48 bits per heavy atom. The van der Waals surface area contributed by atoms with Crippen molar-refractivity contribution in [1.29, 1.82) is 0 Å². The molecule has 0 aromatic heterocycles. The Kier molecular flexibility index (Phi) is 16.8. The van der Waals surface area contributed by atoms with Crippen LogP contribution < -0.4 is 10.6 Å². The van der Waals surface area contributed by atoms with Crippen LogP contribution in [0, 0.1) is 22.7 Å². The summed E-state index contributed by atoms with van der Waals surface area (Å²) in [6, 6.07) is 6.33. The zero-order chi connectivity index (χ0) is 36.7. The summed E-state index contributed by atoms with van der Waals surface area (Å²) in [5.74, 6) is -7.58. The first-order valence-electron chi connectivity index (χ1n) is 16.0. The molecule has 0 aliphatic heterocycles. The molecule has 0 aliphatic carbocycles. The average Bonchev–Trinajstić information content (AvgIpc) is 3.02. The number of carbonyl (C=O) groups is 7. The lowest BCUT2D eigenvalue weighted by atomic mass is 9.80. The van der Waals surface area contributed by atoms with Crippen molar-refractivity contribution in [1.82, 2.24) is 10.6 Å². The van der Waals surface area contributed by atoms with E-state index < -0.39 is 82.8 Å². The number of nitrogens with one attached hydrogen (secondary N) is 2. The number of aliphatic carboxylic acids is 3. The number of hydrogen-bond donors (Lipinski definition) is 5. The van der Waals surface area contributed by atoms with Crippen LogP contribution in [0.3, 0.4) is 0 Å². The van der Waals surface area contributed by atoms with Crippen molar-refractivity contribution in [2.75, 3.05) is 13.2 Å². The van der Waals surface area contributed by atoms with Gasteiger partial charge >= 0.3 is 29.8 Å². The third kappa shape index (κ3) is 14.1. The maximum Gasteiger partial charge on any atom is 0.326 e. The van der Waals surface area contributed by atoms with Crippen LogP contribution in [0.2, 0.25) is 0 Å². The molecule has 0 bridgehead atoms. The van der Waals surface area contributed by atoms with Gasteiger partial charge in [0.1, 0.15) is 25.3 Å². The molecule has 14 heteroatoms. The fourth-order valence-corrected chi connectivity index (χ4v) is 5.01. The van der Waals surface area contributed by atoms with Gasteiger partial charge in [-0.15, -0.1) is 0 Å². The highest BCUT2D eigenvalue weighted by Gasteiger charge is 2.37. The monoisotopic (exact) mass is 678 g/mol. The van der Waals surface area contributed by atoms with Crippen molar-refractivity contribution in [2.45, 2.75) is 98.6 Å². The predicted molar refractivity (Wildman–Crippen MR) is 172 cm³/mol. The van der Waals surface area contributed by atoms with Crippen LogP contribution in [0.5, 0.6) is 0 Å². The first-order valence-corrected chi connectivity index (χ1v) is 16.0. The molecular weight excluding hydrogens is 628 g/mol.